The first-order valence-electron chi connectivity index (χ1n) is 9.47. The van der Waals surface area contributed by atoms with Gasteiger partial charge in [0.15, 0.2) is 5.16 Å². The first kappa shape index (κ1) is 20.8. The van der Waals surface area contributed by atoms with E-state index >= 15 is 0 Å². The molecule has 1 atom stereocenters. The zero-order valence-electron chi connectivity index (χ0n) is 16.4. The van der Waals surface area contributed by atoms with Crippen LogP contribution < -0.4 is 10.6 Å². The number of aromatic nitrogens is 2. The predicted octanol–water partition coefficient (Wildman–Crippen LogP) is 5.68. The molecule has 150 valence electrons. The van der Waals surface area contributed by atoms with Gasteiger partial charge < -0.3 is 16.0 Å². The van der Waals surface area contributed by atoms with Crippen molar-refractivity contribution in [2.75, 3.05) is 22.9 Å². The molecule has 2 aromatic carbocycles. The van der Waals surface area contributed by atoms with Gasteiger partial charge in [-0.1, -0.05) is 62.0 Å². The summed E-state index contributed by atoms with van der Waals surface area (Å²) in [6.07, 6.45) is 1.22. The molecule has 5 nitrogen and oxygen atoms in total. The Balaban J connectivity index is 1.88. The van der Waals surface area contributed by atoms with Gasteiger partial charge in [0, 0.05) is 18.4 Å². The molecule has 3 N–H and O–H groups in total. The van der Waals surface area contributed by atoms with E-state index in [2.05, 4.69) is 39.7 Å². The molecule has 0 amide bonds. The van der Waals surface area contributed by atoms with Crippen molar-refractivity contribution in [3.8, 4) is 0 Å². The summed E-state index contributed by atoms with van der Waals surface area (Å²) in [4.78, 5) is 9.13. The highest BCUT2D eigenvalue weighted by atomic mass is 32.2. The second kappa shape index (κ2) is 10.0. The Morgan fingerprint density at radius 1 is 1.10 bits per heavy atom. The van der Waals surface area contributed by atoms with Crippen LogP contribution >= 0.6 is 11.8 Å². The van der Waals surface area contributed by atoms with E-state index in [1.807, 2.05) is 25.1 Å². The number of halogens is 1. The van der Waals surface area contributed by atoms with Gasteiger partial charge in [-0.3, -0.25) is 0 Å². The fourth-order valence-corrected chi connectivity index (χ4v) is 3.43. The number of hydrogen-bond donors (Lipinski definition) is 3. The van der Waals surface area contributed by atoms with Crippen molar-refractivity contribution in [2.24, 2.45) is 0 Å². The number of anilines is 3. The van der Waals surface area contributed by atoms with Crippen LogP contribution in [-0.4, -0.2) is 28.5 Å². The molecule has 0 saturated heterocycles. The van der Waals surface area contributed by atoms with Crippen LogP contribution in [0.1, 0.15) is 30.9 Å². The van der Waals surface area contributed by atoms with Crippen molar-refractivity contribution in [3.63, 3.8) is 0 Å². The average molecular weight is 410 g/mol. The molecule has 29 heavy (non-hydrogen) atoms. The lowest BCUT2D eigenvalue weighted by Gasteiger charge is -2.17. The minimum atomic E-state index is -0.335. The Morgan fingerprint density at radius 2 is 1.86 bits per heavy atom. The van der Waals surface area contributed by atoms with Gasteiger partial charge >= 0.3 is 0 Å². The monoisotopic (exact) mass is 409 g/mol. The Morgan fingerprint density at radius 3 is 2.55 bits per heavy atom. The quantitative estimate of drug-likeness (QED) is 0.241. The Hall–Kier alpha value is -2.93. The highest BCUT2D eigenvalue weighted by Gasteiger charge is 2.15. The summed E-state index contributed by atoms with van der Waals surface area (Å²) < 4.78 is 13.6. The largest absolute Gasteiger partial charge is 0.369 e. The van der Waals surface area contributed by atoms with Crippen LogP contribution in [0.4, 0.5) is 21.7 Å². The lowest BCUT2D eigenvalue weighted by Crippen LogP contribution is -2.14. The summed E-state index contributed by atoms with van der Waals surface area (Å²) in [6, 6.07) is 16.4. The van der Waals surface area contributed by atoms with Gasteiger partial charge in [-0.05, 0) is 35.4 Å². The number of nitrogens with one attached hydrogen (secondary N) is 3. The summed E-state index contributed by atoms with van der Waals surface area (Å²) in [5, 5.41) is 15.0. The smallest absolute Gasteiger partial charge is 0.191 e. The van der Waals surface area contributed by atoms with E-state index in [0.29, 0.717) is 34.6 Å². The predicted molar refractivity (Wildman–Crippen MR) is 119 cm³/mol. The van der Waals surface area contributed by atoms with Crippen LogP contribution in [0, 0.1) is 11.2 Å². The molecule has 1 unspecified atom stereocenters. The van der Waals surface area contributed by atoms with Crippen LogP contribution in [0.2, 0.25) is 0 Å². The molecule has 3 rings (SSSR count). The summed E-state index contributed by atoms with van der Waals surface area (Å²) in [6.45, 7) is 4.83. The number of nitrogens with zero attached hydrogens (tertiary/aromatic N) is 2. The summed E-state index contributed by atoms with van der Waals surface area (Å²) >= 11 is 1.52. The molecule has 0 aliphatic carbocycles. The molecule has 0 aliphatic rings. The number of rotatable bonds is 9. The van der Waals surface area contributed by atoms with E-state index in [4.69, 9.17) is 5.41 Å². The average Bonchev–Trinajstić information content (AvgIpc) is 2.73. The Labute approximate surface area is 174 Å². The van der Waals surface area contributed by atoms with Crippen molar-refractivity contribution in [3.05, 3.63) is 71.5 Å². The fraction of sp³-hybridized carbons (Fsp3) is 0.227. The third-order valence-electron chi connectivity index (χ3n) is 4.37. The SMILES string of the molecule is CCSc1nc(NCC(C)c2ccccc2)c(C=N)c(Nc2cccc(F)c2)n1. The normalized spacial score (nSPS) is 11.7. The Bertz CT molecular complexity index is 965. The van der Waals surface area contributed by atoms with Crippen LogP contribution in [0.15, 0.2) is 59.8 Å². The number of thioether (sulfide) groups is 1. The lowest BCUT2D eigenvalue weighted by atomic mass is 10.0. The standard InChI is InChI=1S/C22H24FN5S/c1-3-29-22-27-20(25-14-15(2)16-8-5-4-6-9-16)19(13-24)21(28-22)26-18-11-7-10-17(23)12-18/h4-13,15,24H,3,14H2,1-2H3,(H2,25,26,27,28). The minimum Gasteiger partial charge on any atom is -0.369 e. The molecule has 0 spiro atoms. The third kappa shape index (κ3) is 5.54. The van der Waals surface area contributed by atoms with Gasteiger partial charge in [0.1, 0.15) is 17.5 Å². The molecule has 0 fully saturated rings. The molecular weight excluding hydrogens is 385 g/mol. The van der Waals surface area contributed by atoms with Crippen molar-refractivity contribution in [1.29, 1.82) is 5.41 Å². The van der Waals surface area contributed by atoms with Crippen molar-refractivity contribution in [1.82, 2.24) is 9.97 Å². The molecule has 0 saturated carbocycles. The van der Waals surface area contributed by atoms with Crippen molar-refractivity contribution >= 4 is 35.3 Å². The van der Waals surface area contributed by atoms with Gasteiger partial charge in [0.05, 0.1) is 5.56 Å². The molecule has 0 aliphatic heterocycles. The lowest BCUT2D eigenvalue weighted by molar-refractivity contribution is 0.628. The molecule has 3 aromatic rings. The van der Waals surface area contributed by atoms with Crippen LogP contribution in [0.25, 0.3) is 0 Å². The first-order chi connectivity index (χ1) is 14.1. The first-order valence-corrected chi connectivity index (χ1v) is 10.5. The molecule has 1 heterocycles. The molecule has 0 radical (unpaired) electrons. The highest BCUT2D eigenvalue weighted by molar-refractivity contribution is 7.99. The maximum Gasteiger partial charge on any atom is 0.191 e. The van der Waals surface area contributed by atoms with Crippen molar-refractivity contribution < 1.29 is 4.39 Å². The Kier molecular flexibility index (Phi) is 7.19. The topological polar surface area (TPSA) is 73.7 Å². The van der Waals surface area contributed by atoms with E-state index in [-0.39, 0.29) is 11.7 Å². The van der Waals surface area contributed by atoms with E-state index in [9.17, 15) is 4.39 Å². The van der Waals surface area contributed by atoms with Crippen LogP contribution in [0.5, 0.6) is 0 Å². The molecule has 0 bridgehead atoms. The maximum atomic E-state index is 13.6. The number of hydrogen-bond acceptors (Lipinski definition) is 6. The van der Waals surface area contributed by atoms with E-state index in [0.717, 1.165) is 5.75 Å². The summed E-state index contributed by atoms with van der Waals surface area (Å²) in [7, 11) is 0. The zero-order chi connectivity index (χ0) is 20.6. The van der Waals surface area contributed by atoms with E-state index in [1.165, 1.54) is 35.7 Å². The van der Waals surface area contributed by atoms with Gasteiger partial charge in [-0.25, -0.2) is 14.4 Å². The van der Waals surface area contributed by atoms with Crippen molar-refractivity contribution in [2.45, 2.75) is 24.9 Å². The summed E-state index contributed by atoms with van der Waals surface area (Å²) in [5.41, 5.74) is 2.34. The summed E-state index contributed by atoms with van der Waals surface area (Å²) in [5.74, 6) is 1.83. The van der Waals surface area contributed by atoms with Gasteiger partial charge in [0.2, 0.25) is 0 Å². The van der Waals surface area contributed by atoms with E-state index < -0.39 is 0 Å². The van der Waals surface area contributed by atoms with Crippen LogP contribution in [0.3, 0.4) is 0 Å². The second-order valence-corrected chi connectivity index (χ2v) is 7.75. The van der Waals surface area contributed by atoms with Gasteiger partial charge in [-0.15, -0.1) is 0 Å². The molecule has 7 heteroatoms. The maximum absolute atomic E-state index is 13.6. The molecule has 1 aromatic heterocycles. The third-order valence-corrected chi connectivity index (χ3v) is 5.10. The van der Waals surface area contributed by atoms with E-state index in [1.54, 1.807) is 12.1 Å². The second-order valence-electron chi connectivity index (χ2n) is 6.52. The molecular formula is C22H24FN5S. The zero-order valence-corrected chi connectivity index (χ0v) is 17.3. The number of benzene rings is 2. The van der Waals surface area contributed by atoms with Gasteiger partial charge in [-0.2, -0.15) is 0 Å². The highest BCUT2D eigenvalue weighted by Crippen LogP contribution is 2.27. The fourth-order valence-electron chi connectivity index (χ4n) is 2.86. The minimum absolute atomic E-state index is 0.270. The van der Waals surface area contributed by atoms with Crippen LogP contribution in [-0.2, 0) is 0 Å². The van der Waals surface area contributed by atoms with Gasteiger partial charge in [0.25, 0.3) is 0 Å².